The van der Waals surface area contributed by atoms with E-state index in [1.165, 1.54) is 11.3 Å². The van der Waals surface area contributed by atoms with E-state index in [4.69, 9.17) is 0 Å². The number of aliphatic imine (C=N–C) groups is 1. The van der Waals surface area contributed by atoms with Crippen LogP contribution in [0.15, 0.2) is 40.7 Å². The van der Waals surface area contributed by atoms with Crippen LogP contribution in [0, 0.1) is 0 Å². The fourth-order valence-corrected chi connectivity index (χ4v) is 2.66. The van der Waals surface area contributed by atoms with Gasteiger partial charge in [-0.1, -0.05) is 30.3 Å². The number of alkyl halides is 3. The number of guanidine groups is 1. The largest absolute Gasteiger partial charge is 0.390 e. The number of aromatic nitrogens is 1. The van der Waals surface area contributed by atoms with Crippen molar-refractivity contribution >= 4 is 41.3 Å². The lowest BCUT2D eigenvalue weighted by Crippen LogP contribution is -2.38. The minimum Gasteiger partial charge on any atom is -0.357 e. The molecule has 138 valence electrons. The Morgan fingerprint density at radius 3 is 2.56 bits per heavy atom. The fourth-order valence-electron chi connectivity index (χ4n) is 1.94. The molecule has 0 aliphatic carbocycles. The Labute approximate surface area is 166 Å². The summed E-state index contributed by atoms with van der Waals surface area (Å²) >= 11 is 1.48. The van der Waals surface area contributed by atoms with Crippen molar-refractivity contribution in [2.75, 3.05) is 13.1 Å². The van der Waals surface area contributed by atoms with Crippen molar-refractivity contribution in [3.8, 4) is 11.3 Å². The first kappa shape index (κ1) is 21.7. The van der Waals surface area contributed by atoms with Gasteiger partial charge in [0, 0.05) is 24.0 Å². The van der Waals surface area contributed by atoms with Gasteiger partial charge in [0.1, 0.15) is 5.01 Å². The summed E-state index contributed by atoms with van der Waals surface area (Å²) in [6.07, 6.45) is -5.07. The monoisotopic (exact) mass is 484 g/mol. The summed E-state index contributed by atoms with van der Waals surface area (Å²) in [5, 5.41) is 8.36. The summed E-state index contributed by atoms with van der Waals surface area (Å²) in [6.45, 7) is 2.55. The van der Waals surface area contributed by atoms with E-state index in [0.717, 1.165) is 16.3 Å². The number of thiazole rings is 1. The Bertz CT molecular complexity index is 659. The summed E-state index contributed by atoms with van der Waals surface area (Å²) < 4.78 is 36.6. The lowest BCUT2D eigenvalue weighted by Gasteiger charge is -2.12. The van der Waals surface area contributed by atoms with Crippen LogP contribution in [0.3, 0.4) is 0 Å². The standard InChI is InChI=1S/C16H19F3N4S.HI/c1-2-20-15(21-9-8-16(17,18)19)22-10-14-23-13(11-24-14)12-6-4-3-5-7-12;/h3-7,11H,2,8-10H2,1H3,(H2,20,21,22);1H. The third kappa shape index (κ3) is 8.04. The summed E-state index contributed by atoms with van der Waals surface area (Å²) in [5.41, 5.74) is 1.90. The van der Waals surface area contributed by atoms with Crippen molar-refractivity contribution in [2.45, 2.75) is 26.1 Å². The molecule has 1 aromatic carbocycles. The molecule has 25 heavy (non-hydrogen) atoms. The van der Waals surface area contributed by atoms with Crippen LogP contribution < -0.4 is 10.6 Å². The lowest BCUT2D eigenvalue weighted by molar-refractivity contribution is -0.132. The van der Waals surface area contributed by atoms with Crippen LogP contribution in [-0.2, 0) is 6.54 Å². The Balaban J connectivity index is 0.00000312. The SMILES string of the molecule is CCNC(=NCc1nc(-c2ccccc2)cs1)NCCC(F)(F)F.I. The Morgan fingerprint density at radius 2 is 1.92 bits per heavy atom. The summed E-state index contributed by atoms with van der Waals surface area (Å²) in [7, 11) is 0. The van der Waals surface area contributed by atoms with Crippen LogP contribution in [0.4, 0.5) is 13.2 Å². The van der Waals surface area contributed by atoms with Crippen molar-refractivity contribution in [3.63, 3.8) is 0 Å². The number of hydrogen-bond acceptors (Lipinski definition) is 3. The first-order valence-electron chi connectivity index (χ1n) is 7.56. The van der Waals surface area contributed by atoms with Crippen molar-refractivity contribution in [2.24, 2.45) is 4.99 Å². The molecule has 0 amide bonds. The first-order chi connectivity index (χ1) is 11.5. The third-order valence-electron chi connectivity index (χ3n) is 3.04. The molecular weight excluding hydrogens is 464 g/mol. The molecule has 0 aliphatic rings. The molecule has 0 fully saturated rings. The first-order valence-corrected chi connectivity index (χ1v) is 8.44. The molecule has 0 spiro atoms. The molecule has 0 unspecified atom stereocenters. The number of hydrogen-bond donors (Lipinski definition) is 2. The molecule has 0 radical (unpaired) electrons. The Morgan fingerprint density at radius 1 is 1.20 bits per heavy atom. The lowest BCUT2D eigenvalue weighted by atomic mass is 10.2. The van der Waals surface area contributed by atoms with E-state index in [-0.39, 0.29) is 30.5 Å². The highest BCUT2D eigenvalue weighted by Gasteiger charge is 2.26. The molecule has 1 heterocycles. The molecule has 4 nitrogen and oxygen atoms in total. The van der Waals surface area contributed by atoms with Gasteiger partial charge in [-0.05, 0) is 6.92 Å². The number of nitrogens with zero attached hydrogens (tertiary/aromatic N) is 2. The van der Waals surface area contributed by atoms with Crippen molar-refractivity contribution < 1.29 is 13.2 Å². The van der Waals surface area contributed by atoms with Crippen molar-refractivity contribution in [1.82, 2.24) is 15.6 Å². The number of nitrogens with one attached hydrogen (secondary N) is 2. The summed E-state index contributed by atoms with van der Waals surface area (Å²) in [5.74, 6) is 0.359. The highest BCUT2D eigenvalue weighted by atomic mass is 127. The van der Waals surface area contributed by atoms with Gasteiger partial charge in [-0.25, -0.2) is 9.98 Å². The van der Waals surface area contributed by atoms with Gasteiger partial charge in [-0.15, -0.1) is 35.3 Å². The van der Waals surface area contributed by atoms with Gasteiger partial charge in [0.15, 0.2) is 5.96 Å². The number of halogens is 4. The minimum atomic E-state index is -4.18. The van der Waals surface area contributed by atoms with Crippen LogP contribution in [0.2, 0.25) is 0 Å². The topological polar surface area (TPSA) is 49.3 Å². The number of rotatable bonds is 6. The normalized spacial score (nSPS) is 11.8. The second-order valence-electron chi connectivity index (χ2n) is 4.98. The average molecular weight is 484 g/mol. The van der Waals surface area contributed by atoms with E-state index < -0.39 is 12.6 Å². The van der Waals surface area contributed by atoms with E-state index in [2.05, 4.69) is 20.6 Å². The molecule has 2 N–H and O–H groups in total. The van der Waals surface area contributed by atoms with E-state index in [1.807, 2.05) is 42.6 Å². The maximum atomic E-state index is 12.2. The number of benzene rings is 1. The van der Waals surface area contributed by atoms with Gasteiger partial charge in [-0.2, -0.15) is 13.2 Å². The van der Waals surface area contributed by atoms with Crippen LogP contribution in [-0.4, -0.2) is 30.2 Å². The third-order valence-corrected chi connectivity index (χ3v) is 3.87. The van der Waals surface area contributed by atoms with Crippen molar-refractivity contribution in [1.29, 1.82) is 0 Å². The quantitative estimate of drug-likeness (QED) is 0.362. The maximum Gasteiger partial charge on any atom is 0.390 e. The molecule has 0 bridgehead atoms. The van der Waals surface area contributed by atoms with Gasteiger partial charge in [0.2, 0.25) is 0 Å². The molecule has 9 heteroatoms. The molecule has 0 aliphatic heterocycles. The molecule has 1 aromatic heterocycles. The van der Waals surface area contributed by atoms with Crippen LogP contribution in [0.25, 0.3) is 11.3 Å². The zero-order chi connectivity index (χ0) is 17.4. The minimum absolute atomic E-state index is 0. The Kier molecular flexibility index (Phi) is 9.19. The van der Waals surface area contributed by atoms with Crippen molar-refractivity contribution in [3.05, 3.63) is 40.7 Å². The predicted octanol–water partition coefficient (Wildman–Crippen LogP) is 4.44. The summed E-state index contributed by atoms with van der Waals surface area (Å²) in [4.78, 5) is 8.79. The Hall–Kier alpha value is -1.36. The van der Waals surface area contributed by atoms with Gasteiger partial charge >= 0.3 is 6.18 Å². The van der Waals surface area contributed by atoms with Crippen LogP contribution in [0.1, 0.15) is 18.4 Å². The zero-order valence-electron chi connectivity index (χ0n) is 13.6. The highest BCUT2D eigenvalue weighted by molar-refractivity contribution is 14.0. The molecule has 0 saturated carbocycles. The predicted molar refractivity (Wildman–Crippen MR) is 106 cm³/mol. The second-order valence-corrected chi connectivity index (χ2v) is 5.92. The van der Waals surface area contributed by atoms with Crippen LogP contribution >= 0.6 is 35.3 Å². The molecule has 2 rings (SSSR count). The molecular formula is C16H20F3IN4S. The molecule has 2 aromatic rings. The van der Waals surface area contributed by atoms with Gasteiger partial charge in [0.25, 0.3) is 0 Å². The molecule has 0 saturated heterocycles. The average Bonchev–Trinajstić information content (AvgIpc) is 3.01. The van der Waals surface area contributed by atoms with Gasteiger partial charge in [0.05, 0.1) is 18.7 Å². The van der Waals surface area contributed by atoms with E-state index >= 15 is 0 Å². The van der Waals surface area contributed by atoms with E-state index in [0.29, 0.717) is 19.0 Å². The smallest absolute Gasteiger partial charge is 0.357 e. The van der Waals surface area contributed by atoms with Crippen LogP contribution in [0.5, 0.6) is 0 Å². The fraction of sp³-hybridized carbons (Fsp3) is 0.375. The van der Waals surface area contributed by atoms with Gasteiger partial charge < -0.3 is 10.6 Å². The summed E-state index contributed by atoms with van der Waals surface area (Å²) in [6, 6.07) is 9.78. The molecule has 0 atom stereocenters. The van der Waals surface area contributed by atoms with Gasteiger partial charge in [-0.3, -0.25) is 0 Å². The van der Waals surface area contributed by atoms with E-state index in [9.17, 15) is 13.2 Å². The second kappa shape index (κ2) is 10.6. The zero-order valence-corrected chi connectivity index (χ0v) is 16.8. The van der Waals surface area contributed by atoms with E-state index in [1.54, 1.807) is 0 Å². The highest BCUT2D eigenvalue weighted by Crippen LogP contribution is 2.22. The maximum absolute atomic E-state index is 12.2.